The molecule has 0 radical (unpaired) electrons. The topological polar surface area (TPSA) is 38.0 Å². The zero-order valence-corrected chi connectivity index (χ0v) is 7.20. The van der Waals surface area contributed by atoms with Crippen LogP contribution in [0.4, 0.5) is 0 Å². The van der Waals surface area contributed by atoms with E-state index in [4.69, 9.17) is 0 Å². The van der Waals surface area contributed by atoms with Crippen molar-refractivity contribution in [3.63, 3.8) is 0 Å². The average molecular weight is 154 g/mol. The minimum absolute atomic E-state index is 0.543. The summed E-state index contributed by atoms with van der Waals surface area (Å²) < 4.78 is 1.75. The molecule has 1 N–H and O–H groups in total. The van der Waals surface area contributed by atoms with E-state index in [1.807, 2.05) is 19.2 Å². The first-order valence-corrected chi connectivity index (χ1v) is 3.70. The number of aryl methyl sites for hydroxylation is 1. The Hall–Kier alpha value is -0.830. The van der Waals surface area contributed by atoms with Crippen LogP contribution in [0.5, 0.6) is 0 Å². The van der Waals surface area contributed by atoms with Crippen LogP contribution >= 0.6 is 0 Å². The molecular formula is C8H14N2O. The van der Waals surface area contributed by atoms with Gasteiger partial charge in [-0.25, -0.2) is 0 Å². The maximum Gasteiger partial charge on any atom is 0.0786 e. The van der Waals surface area contributed by atoms with Crippen LogP contribution in [-0.4, -0.2) is 20.5 Å². The first-order chi connectivity index (χ1) is 4.97. The Morgan fingerprint density at radius 1 is 1.64 bits per heavy atom. The Kier molecular flexibility index (Phi) is 2.00. The minimum Gasteiger partial charge on any atom is -0.389 e. The Balaban J connectivity index is 2.65. The fourth-order valence-corrected chi connectivity index (χ4v) is 0.948. The number of aliphatic hydroxyl groups is 1. The predicted molar refractivity (Wildman–Crippen MR) is 43.3 cm³/mol. The number of hydrogen-bond acceptors (Lipinski definition) is 2. The highest BCUT2D eigenvalue weighted by molar-refractivity contribution is 4.95. The fraction of sp³-hybridized carbons (Fsp3) is 0.625. The number of nitrogens with zero attached hydrogens (tertiary/aromatic N) is 2. The monoisotopic (exact) mass is 154 g/mol. The van der Waals surface area contributed by atoms with E-state index in [1.165, 1.54) is 0 Å². The molecule has 1 heterocycles. The maximum atomic E-state index is 9.42. The fourth-order valence-electron chi connectivity index (χ4n) is 0.948. The van der Waals surface area contributed by atoms with Crippen molar-refractivity contribution in [2.45, 2.75) is 32.9 Å². The second-order valence-corrected chi connectivity index (χ2v) is 3.47. The number of hydrogen-bond donors (Lipinski definition) is 1. The van der Waals surface area contributed by atoms with Gasteiger partial charge in [0.2, 0.25) is 0 Å². The van der Waals surface area contributed by atoms with Crippen molar-refractivity contribution in [3.05, 3.63) is 18.0 Å². The van der Waals surface area contributed by atoms with Crippen molar-refractivity contribution in [2.75, 3.05) is 0 Å². The van der Waals surface area contributed by atoms with Crippen molar-refractivity contribution < 1.29 is 5.11 Å². The van der Waals surface area contributed by atoms with E-state index in [9.17, 15) is 5.11 Å². The lowest BCUT2D eigenvalue weighted by Gasteiger charge is -2.16. The quantitative estimate of drug-likeness (QED) is 0.689. The average Bonchev–Trinajstić information content (AvgIpc) is 2.10. The zero-order chi connectivity index (χ0) is 8.48. The maximum absolute atomic E-state index is 9.42. The van der Waals surface area contributed by atoms with Gasteiger partial charge in [0.25, 0.3) is 0 Å². The van der Waals surface area contributed by atoms with Crippen LogP contribution in [0, 0.1) is 6.92 Å². The van der Waals surface area contributed by atoms with Crippen LogP contribution in [0.15, 0.2) is 12.3 Å². The Morgan fingerprint density at radius 3 is 2.64 bits per heavy atom. The van der Waals surface area contributed by atoms with Crippen molar-refractivity contribution in [1.82, 2.24) is 9.78 Å². The highest BCUT2D eigenvalue weighted by atomic mass is 16.3. The van der Waals surface area contributed by atoms with Gasteiger partial charge in [-0.05, 0) is 26.8 Å². The molecule has 1 aromatic rings. The summed E-state index contributed by atoms with van der Waals surface area (Å²) in [7, 11) is 0. The summed E-state index contributed by atoms with van der Waals surface area (Å²) in [5.74, 6) is 0. The van der Waals surface area contributed by atoms with Gasteiger partial charge < -0.3 is 5.11 Å². The molecule has 0 aliphatic carbocycles. The van der Waals surface area contributed by atoms with E-state index in [-0.39, 0.29) is 0 Å². The van der Waals surface area contributed by atoms with Crippen molar-refractivity contribution in [1.29, 1.82) is 0 Å². The molecule has 0 saturated carbocycles. The molecule has 0 saturated heterocycles. The van der Waals surface area contributed by atoms with Gasteiger partial charge in [0, 0.05) is 6.20 Å². The summed E-state index contributed by atoms with van der Waals surface area (Å²) in [6, 6.07) is 1.92. The van der Waals surface area contributed by atoms with E-state index in [2.05, 4.69) is 5.10 Å². The van der Waals surface area contributed by atoms with Crippen LogP contribution < -0.4 is 0 Å². The van der Waals surface area contributed by atoms with Crippen LogP contribution in [0.25, 0.3) is 0 Å². The smallest absolute Gasteiger partial charge is 0.0786 e. The molecule has 1 aromatic heterocycles. The SMILES string of the molecule is Cc1ccn(CC(C)(C)O)n1. The summed E-state index contributed by atoms with van der Waals surface area (Å²) in [5.41, 5.74) is 0.299. The molecule has 11 heavy (non-hydrogen) atoms. The van der Waals surface area contributed by atoms with Crippen molar-refractivity contribution >= 4 is 0 Å². The third-order valence-corrected chi connectivity index (χ3v) is 1.32. The first-order valence-electron chi connectivity index (χ1n) is 3.70. The van der Waals surface area contributed by atoms with E-state index in [0.717, 1.165) is 5.69 Å². The van der Waals surface area contributed by atoms with Gasteiger partial charge in [-0.15, -0.1) is 0 Å². The zero-order valence-electron chi connectivity index (χ0n) is 7.20. The minimum atomic E-state index is -0.682. The van der Waals surface area contributed by atoms with E-state index < -0.39 is 5.60 Å². The van der Waals surface area contributed by atoms with Crippen LogP contribution in [0.1, 0.15) is 19.5 Å². The second kappa shape index (κ2) is 2.66. The van der Waals surface area contributed by atoms with Gasteiger partial charge in [0.1, 0.15) is 0 Å². The van der Waals surface area contributed by atoms with E-state index in [0.29, 0.717) is 6.54 Å². The Bertz CT molecular complexity index is 234. The van der Waals surface area contributed by atoms with Gasteiger partial charge >= 0.3 is 0 Å². The highest BCUT2D eigenvalue weighted by Crippen LogP contribution is 2.04. The van der Waals surface area contributed by atoms with Gasteiger partial charge in [0.15, 0.2) is 0 Å². The molecular weight excluding hydrogens is 140 g/mol. The summed E-state index contributed by atoms with van der Waals surface area (Å²) in [6.45, 7) is 6.01. The lowest BCUT2D eigenvalue weighted by molar-refractivity contribution is 0.0577. The molecule has 0 unspecified atom stereocenters. The van der Waals surface area contributed by atoms with Gasteiger partial charge in [-0.2, -0.15) is 5.10 Å². The molecule has 3 nitrogen and oxygen atoms in total. The van der Waals surface area contributed by atoms with Gasteiger partial charge in [-0.1, -0.05) is 0 Å². The van der Waals surface area contributed by atoms with Gasteiger partial charge in [0.05, 0.1) is 17.8 Å². The second-order valence-electron chi connectivity index (χ2n) is 3.47. The summed E-state index contributed by atoms with van der Waals surface area (Å²) >= 11 is 0. The standard InChI is InChI=1S/C8H14N2O/c1-7-4-5-10(9-7)6-8(2,3)11/h4-5,11H,6H2,1-3H3. The molecule has 0 bridgehead atoms. The van der Waals surface area contributed by atoms with Crippen molar-refractivity contribution in [2.24, 2.45) is 0 Å². The Labute approximate surface area is 66.7 Å². The molecule has 1 rings (SSSR count). The normalized spacial score (nSPS) is 12.0. The molecule has 62 valence electrons. The summed E-state index contributed by atoms with van der Waals surface area (Å²) in [4.78, 5) is 0. The van der Waals surface area contributed by atoms with Crippen LogP contribution in [0.2, 0.25) is 0 Å². The van der Waals surface area contributed by atoms with Crippen LogP contribution in [0.3, 0.4) is 0 Å². The largest absolute Gasteiger partial charge is 0.389 e. The lowest BCUT2D eigenvalue weighted by Crippen LogP contribution is -2.26. The molecule has 0 spiro atoms. The molecule has 0 aliphatic rings. The molecule has 0 aliphatic heterocycles. The van der Waals surface area contributed by atoms with Gasteiger partial charge in [-0.3, -0.25) is 4.68 Å². The summed E-state index contributed by atoms with van der Waals surface area (Å²) in [6.07, 6.45) is 1.87. The molecule has 3 heteroatoms. The van der Waals surface area contributed by atoms with Crippen molar-refractivity contribution in [3.8, 4) is 0 Å². The number of rotatable bonds is 2. The lowest BCUT2D eigenvalue weighted by atomic mass is 10.1. The highest BCUT2D eigenvalue weighted by Gasteiger charge is 2.13. The first kappa shape index (κ1) is 8.27. The van der Waals surface area contributed by atoms with E-state index >= 15 is 0 Å². The van der Waals surface area contributed by atoms with Crippen LogP contribution in [-0.2, 0) is 6.54 Å². The van der Waals surface area contributed by atoms with E-state index in [1.54, 1.807) is 18.5 Å². The Morgan fingerprint density at radius 2 is 2.27 bits per heavy atom. The molecule has 0 fully saturated rings. The third kappa shape index (κ3) is 2.72. The molecule has 0 aromatic carbocycles. The number of aromatic nitrogens is 2. The molecule has 0 atom stereocenters. The third-order valence-electron chi connectivity index (χ3n) is 1.32. The summed E-state index contributed by atoms with van der Waals surface area (Å²) in [5, 5.41) is 13.6. The molecule has 0 amide bonds. The predicted octanol–water partition coefficient (Wildman–Crippen LogP) is 0.962.